The molecule has 2 aromatic rings. The van der Waals surface area contributed by atoms with E-state index in [1.54, 1.807) is 0 Å². The number of esters is 2. The van der Waals surface area contributed by atoms with Gasteiger partial charge in [0.05, 0.1) is 12.0 Å². The van der Waals surface area contributed by atoms with Gasteiger partial charge in [-0.05, 0) is 64.5 Å². The molecule has 5 heteroatoms. The summed E-state index contributed by atoms with van der Waals surface area (Å²) in [6, 6.07) is 10.5. The Bertz CT molecular complexity index is 861. The van der Waals surface area contributed by atoms with E-state index < -0.39 is 11.0 Å². The van der Waals surface area contributed by atoms with Crippen LogP contribution in [0.2, 0.25) is 0 Å². The lowest BCUT2D eigenvalue weighted by Crippen LogP contribution is -2.40. The van der Waals surface area contributed by atoms with E-state index in [0.717, 1.165) is 18.7 Å². The normalized spacial score (nSPS) is 19.3. The van der Waals surface area contributed by atoms with Crippen LogP contribution in [0.25, 0.3) is 10.9 Å². The summed E-state index contributed by atoms with van der Waals surface area (Å²) in [6.45, 7) is 8.59. The van der Waals surface area contributed by atoms with Crippen molar-refractivity contribution in [3.63, 3.8) is 0 Å². The van der Waals surface area contributed by atoms with Crippen molar-refractivity contribution < 1.29 is 19.1 Å². The molecule has 28 heavy (non-hydrogen) atoms. The van der Waals surface area contributed by atoms with Gasteiger partial charge in [-0.1, -0.05) is 18.2 Å². The van der Waals surface area contributed by atoms with E-state index in [2.05, 4.69) is 22.8 Å². The summed E-state index contributed by atoms with van der Waals surface area (Å²) in [5.41, 5.74) is 1.32. The number of benzene rings is 1. The number of nitrogens with zero attached hydrogens (tertiary/aromatic N) is 1. The number of carbonyl (C=O) groups excluding carboxylic acids is 2. The lowest BCUT2D eigenvalue weighted by atomic mass is 9.74. The zero-order chi connectivity index (χ0) is 20.4. The predicted octanol–water partition coefficient (Wildman–Crippen LogP) is 4.65. The number of hydrogen-bond acceptors (Lipinski definition) is 4. The number of carbonyl (C=O) groups is 2. The Morgan fingerprint density at radius 1 is 1.21 bits per heavy atom. The van der Waals surface area contributed by atoms with Crippen LogP contribution in [-0.4, -0.2) is 28.7 Å². The van der Waals surface area contributed by atoms with Crippen molar-refractivity contribution in [3.05, 3.63) is 36.0 Å². The molecule has 0 radical (unpaired) electrons. The number of fused-ring (bicyclic) bond motifs is 3. The number of para-hydroxylation sites is 1. The Balaban J connectivity index is 1.76. The van der Waals surface area contributed by atoms with Crippen LogP contribution >= 0.6 is 0 Å². The van der Waals surface area contributed by atoms with Gasteiger partial charge in [0.2, 0.25) is 0 Å². The van der Waals surface area contributed by atoms with E-state index in [-0.39, 0.29) is 11.9 Å². The molecule has 0 amide bonds. The van der Waals surface area contributed by atoms with E-state index >= 15 is 0 Å². The van der Waals surface area contributed by atoms with Crippen LogP contribution in [0.3, 0.4) is 0 Å². The van der Waals surface area contributed by atoms with E-state index in [4.69, 9.17) is 9.47 Å². The lowest BCUT2D eigenvalue weighted by molar-refractivity contribution is -0.159. The maximum atomic E-state index is 12.9. The fraction of sp³-hybridized carbons (Fsp3) is 0.565. The Hall–Kier alpha value is -2.30. The van der Waals surface area contributed by atoms with Gasteiger partial charge in [0.25, 0.3) is 0 Å². The molecular formula is C23H31NO4. The molecule has 3 rings (SSSR count). The van der Waals surface area contributed by atoms with Crippen molar-refractivity contribution in [2.24, 2.45) is 5.41 Å². The Morgan fingerprint density at radius 2 is 1.96 bits per heavy atom. The molecule has 152 valence electrons. The molecule has 0 N–H and O–H groups in total. The summed E-state index contributed by atoms with van der Waals surface area (Å²) in [4.78, 5) is 25.0. The Morgan fingerprint density at radius 3 is 2.68 bits per heavy atom. The van der Waals surface area contributed by atoms with Gasteiger partial charge in [-0.15, -0.1) is 0 Å². The third-order valence-corrected chi connectivity index (χ3v) is 5.39. The summed E-state index contributed by atoms with van der Waals surface area (Å²) in [5.74, 6) is -0.355. The highest BCUT2D eigenvalue weighted by molar-refractivity contribution is 5.83. The molecule has 0 bridgehead atoms. The topological polar surface area (TPSA) is 57.5 Å². The maximum absolute atomic E-state index is 12.9. The van der Waals surface area contributed by atoms with Crippen LogP contribution < -0.4 is 0 Å². The average molecular weight is 386 g/mol. The summed E-state index contributed by atoms with van der Waals surface area (Å²) in [7, 11) is 0. The van der Waals surface area contributed by atoms with Crippen molar-refractivity contribution in [1.29, 1.82) is 0 Å². The van der Waals surface area contributed by atoms with Crippen LogP contribution in [0, 0.1) is 5.41 Å². The average Bonchev–Trinajstić information content (AvgIpc) is 2.97. The third-order valence-electron chi connectivity index (χ3n) is 5.39. The van der Waals surface area contributed by atoms with E-state index in [1.807, 2.05) is 39.8 Å². The largest absolute Gasteiger partial charge is 0.466 e. The van der Waals surface area contributed by atoms with Gasteiger partial charge in [-0.25, -0.2) is 0 Å². The molecule has 0 saturated carbocycles. The van der Waals surface area contributed by atoms with Gasteiger partial charge in [0, 0.05) is 30.6 Å². The van der Waals surface area contributed by atoms with Gasteiger partial charge in [-0.3, -0.25) is 9.59 Å². The molecule has 5 nitrogen and oxygen atoms in total. The monoisotopic (exact) mass is 385 g/mol. The first-order chi connectivity index (χ1) is 13.2. The molecule has 1 aromatic heterocycles. The minimum absolute atomic E-state index is 0.143. The van der Waals surface area contributed by atoms with Crippen molar-refractivity contribution in [1.82, 2.24) is 4.57 Å². The second-order valence-corrected chi connectivity index (χ2v) is 8.71. The maximum Gasteiger partial charge on any atom is 0.312 e. The van der Waals surface area contributed by atoms with Gasteiger partial charge in [0.15, 0.2) is 0 Å². The fourth-order valence-electron chi connectivity index (χ4n) is 4.18. The van der Waals surface area contributed by atoms with Gasteiger partial charge >= 0.3 is 11.9 Å². The zero-order valence-electron chi connectivity index (χ0n) is 17.4. The van der Waals surface area contributed by atoms with Gasteiger partial charge in [0.1, 0.15) is 5.60 Å². The molecule has 1 aromatic carbocycles. The van der Waals surface area contributed by atoms with Gasteiger partial charge in [-0.2, -0.15) is 0 Å². The Labute approximate surface area is 167 Å². The molecule has 0 saturated heterocycles. The predicted molar refractivity (Wildman–Crippen MR) is 109 cm³/mol. The molecule has 1 aliphatic rings. The molecule has 0 aliphatic carbocycles. The van der Waals surface area contributed by atoms with Crippen LogP contribution in [0.5, 0.6) is 0 Å². The van der Waals surface area contributed by atoms with Crippen molar-refractivity contribution in [2.75, 3.05) is 6.61 Å². The summed E-state index contributed by atoms with van der Waals surface area (Å²) in [6.07, 6.45) is 2.95. The number of rotatable bonds is 6. The highest BCUT2D eigenvalue weighted by Crippen LogP contribution is 2.41. The smallest absolute Gasteiger partial charge is 0.312 e. The third kappa shape index (κ3) is 4.40. The lowest BCUT2D eigenvalue weighted by Gasteiger charge is -2.36. The molecule has 2 heterocycles. The van der Waals surface area contributed by atoms with Gasteiger partial charge < -0.3 is 14.0 Å². The molecule has 0 spiro atoms. The number of ether oxygens (including phenoxy) is 2. The van der Waals surface area contributed by atoms with Crippen LogP contribution in [-0.2, 0) is 32.0 Å². The van der Waals surface area contributed by atoms with Crippen molar-refractivity contribution >= 4 is 22.8 Å². The number of hydrogen-bond donors (Lipinski definition) is 0. The highest BCUT2D eigenvalue weighted by Gasteiger charge is 2.43. The van der Waals surface area contributed by atoms with E-state index in [0.29, 0.717) is 32.3 Å². The fourth-order valence-corrected chi connectivity index (χ4v) is 4.18. The van der Waals surface area contributed by atoms with E-state index in [9.17, 15) is 9.59 Å². The first-order valence-corrected chi connectivity index (χ1v) is 10.2. The SMILES string of the molecule is CCOC(=O)C1(CCCC(=O)OC(C)(C)C)CCn2c(cc3ccccc32)C1. The first kappa shape index (κ1) is 20.4. The number of aromatic nitrogens is 1. The second kappa shape index (κ2) is 7.98. The van der Waals surface area contributed by atoms with Crippen LogP contribution in [0.15, 0.2) is 30.3 Å². The summed E-state index contributed by atoms with van der Waals surface area (Å²) >= 11 is 0. The molecule has 1 aliphatic heterocycles. The zero-order valence-corrected chi connectivity index (χ0v) is 17.4. The van der Waals surface area contributed by atoms with Crippen LogP contribution in [0.1, 0.15) is 59.1 Å². The molecule has 1 unspecified atom stereocenters. The van der Waals surface area contributed by atoms with Crippen LogP contribution in [0.4, 0.5) is 0 Å². The van der Waals surface area contributed by atoms with Crippen molar-refractivity contribution in [3.8, 4) is 0 Å². The minimum Gasteiger partial charge on any atom is -0.466 e. The molecule has 1 atom stereocenters. The quantitative estimate of drug-likeness (QED) is 0.679. The summed E-state index contributed by atoms with van der Waals surface area (Å²) in [5, 5.41) is 1.20. The van der Waals surface area contributed by atoms with Crippen molar-refractivity contribution in [2.45, 2.75) is 71.9 Å². The Kier molecular flexibility index (Phi) is 5.82. The minimum atomic E-state index is -0.567. The highest BCUT2D eigenvalue weighted by atomic mass is 16.6. The molecular weight excluding hydrogens is 354 g/mol. The first-order valence-electron chi connectivity index (χ1n) is 10.2. The second-order valence-electron chi connectivity index (χ2n) is 8.71. The molecule has 0 fully saturated rings. The summed E-state index contributed by atoms with van der Waals surface area (Å²) < 4.78 is 13.2. The van der Waals surface area contributed by atoms with E-state index in [1.165, 1.54) is 10.9 Å². The standard InChI is InChI=1S/C23H31NO4/c1-5-27-21(26)23(12-8-11-20(25)28-22(2,3)4)13-14-24-18(16-23)15-17-9-6-7-10-19(17)24/h6-7,9-10,15H,5,8,11-14,16H2,1-4H3. The number of aryl methyl sites for hydroxylation is 1.